The van der Waals surface area contributed by atoms with Crippen LogP contribution < -0.4 is 0 Å². The molecular weight excluding hydrogens is 288 g/mol. The minimum atomic E-state index is -0.0285. The van der Waals surface area contributed by atoms with Gasteiger partial charge in [-0.1, -0.05) is 26.2 Å². The van der Waals surface area contributed by atoms with Gasteiger partial charge >= 0.3 is 5.97 Å². The van der Waals surface area contributed by atoms with Gasteiger partial charge in [0, 0.05) is 0 Å². The highest BCUT2D eigenvalue weighted by Crippen LogP contribution is 2.32. The largest absolute Gasteiger partial charge is 0.465 e. The molecule has 0 bridgehead atoms. The molecule has 0 saturated carbocycles. The minimum Gasteiger partial charge on any atom is -0.465 e. The van der Waals surface area contributed by atoms with E-state index < -0.39 is 0 Å². The Labute approximate surface area is 142 Å². The first-order valence-electron chi connectivity index (χ1n) is 9.75. The molecule has 0 aromatic heterocycles. The van der Waals surface area contributed by atoms with Gasteiger partial charge in [-0.15, -0.1) is 0 Å². The maximum Gasteiger partial charge on any atom is 0.320 e. The molecule has 2 saturated heterocycles. The first-order valence-corrected chi connectivity index (χ1v) is 9.75. The lowest BCUT2D eigenvalue weighted by Crippen LogP contribution is -2.41. The normalized spacial score (nSPS) is 22.3. The van der Waals surface area contributed by atoms with Crippen molar-refractivity contribution in [3.63, 3.8) is 0 Å². The molecule has 2 fully saturated rings. The monoisotopic (exact) mass is 324 g/mol. The van der Waals surface area contributed by atoms with E-state index in [0.29, 0.717) is 13.2 Å². The Morgan fingerprint density at radius 1 is 0.957 bits per heavy atom. The van der Waals surface area contributed by atoms with Gasteiger partial charge in [0.05, 0.1) is 13.2 Å². The van der Waals surface area contributed by atoms with Crippen LogP contribution in [0.5, 0.6) is 0 Å². The van der Waals surface area contributed by atoms with Crippen LogP contribution in [-0.2, 0) is 9.53 Å². The molecule has 0 amide bonds. The predicted molar refractivity (Wildman–Crippen MR) is 94.5 cm³/mol. The number of hydrogen-bond acceptors (Lipinski definition) is 4. The maximum absolute atomic E-state index is 11.9. The van der Waals surface area contributed by atoms with Gasteiger partial charge < -0.3 is 9.64 Å². The molecule has 2 heterocycles. The lowest BCUT2D eigenvalue weighted by Gasteiger charge is -2.39. The zero-order valence-corrected chi connectivity index (χ0v) is 15.3. The number of esters is 1. The van der Waals surface area contributed by atoms with E-state index in [9.17, 15) is 4.79 Å². The van der Waals surface area contributed by atoms with Gasteiger partial charge in [0.1, 0.15) is 0 Å². The summed E-state index contributed by atoms with van der Waals surface area (Å²) in [5.41, 5.74) is 0. The zero-order chi connectivity index (χ0) is 16.5. The highest BCUT2D eigenvalue weighted by Gasteiger charge is 2.29. The summed E-state index contributed by atoms with van der Waals surface area (Å²) in [6.45, 7) is 7.95. The molecular formula is C19H36N2O2. The summed E-state index contributed by atoms with van der Waals surface area (Å²) in [7, 11) is 2.23. The number of nitrogens with zero attached hydrogens (tertiary/aromatic N) is 2. The number of hydrogen-bond donors (Lipinski definition) is 0. The molecule has 0 aromatic rings. The van der Waals surface area contributed by atoms with Gasteiger partial charge in [-0.3, -0.25) is 9.69 Å². The molecule has 2 aliphatic rings. The number of carbonyl (C=O) groups is 1. The summed E-state index contributed by atoms with van der Waals surface area (Å²) >= 11 is 0. The van der Waals surface area contributed by atoms with Crippen molar-refractivity contribution in [2.24, 2.45) is 11.8 Å². The molecule has 2 rings (SSSR count). The smallest absolute Gasteiger partial charge is 0.320 e. The van der Waals surface area contributed by atoms with Crippen molar-refractivity contribution in [3.05, 3.63) is 0 Å². The van der Waals surface area contributed by atoms with Crippen LogP contribution in [0.3, 0.4) is 0 Å². The molecule has 0 aromatic carbocycles. The van der Waals surface area contributed by atoms with Gasteiger partial charge in [0.15, 0.2) is 0 Å². The number of carbonyl (C=O) groups excluding carboxylic acids is 1. The van der Waals surface area contributed by atoms with Gasteiger partial charge in [-0.25, -0.2) is 0 Å². The molecule has 0 N–H and O–H groups in total. The van der Waals surface area contributed by atoms with E-state index in [-0.39, 0.29) is 5.97 Å². The topological polar surface area (TPSA) is 32.8 Å². The summed E-state index contributed by atoms with van der Waals surface area (Å²) in [5.74, 6) is 1.77. The Balaban J connectivity index is 1.56. The lowest BCUT2D eigenvalue weighted by molar-refractivity contribution is -0.145. The summed E-state index contributed by atoms with van der Waals surface area (Å²) in [4.78, 5) is 16.6. The molecule has 23 heavy (non-hydrogen) atoms. The maximum atomic E-state index is 11.9. The first-order chi connectivity index (χ1) is 11.2. The Hall–Kier alpha value is -0.610. The summed E-state index contributed by atoms with van der Waals surface area (Å²) in [6, 6.07) is 0. The van der Waals surface area contributed by atoms with Gasteiger partial charge in [0.2, 0.25) is 0 Å². The molecule has 2 aliphatic heterocycles. The molecule has 0 unspecified atom stereocenters. The van der Waals surface area contributed by atoms with E-state index >= 15 is 0 Å². The molecule has 0 radical (unpaired) electrons. The fourth-order valence-corrected chi connectivity index (χ4v) is 4.03. The van der Waals surface area contributed by atoms with E-state index in [2.05, 4.69) is 23.8 Å². The molecule has 134 valence electrons. The summed E-state index contributed by atoms with van der Waals surface area (Å²) < 4.78 is 5.36. The Morgan fingerprint density at radius 2 is 1.57 bits per heavy atom. The third-order valence-electron chi connectivity index (χ3n) is 5.68. The van der Waals surface area contributed by atoms with Crippen molar-refractivity contribution >= 4 is 5.97 Å². The van der Waals surface area contributed by atoms with E-state index in [1.807, 2.05) is 0 Å². The highest BCUT2D eigenvalue weighted by atomic mass is 16.5. The molecule has 0 spiro atoms. The Morgan fingerprint density at radius 3 is 2.17 bits per heavy atom. The van der Waals surface area contributed by atoms with E-state index in [1.54, 1.807) is 0 Å². The van der Waals surface area contributed by atoms with Crippen LogP contribution >= 0.6 is 0 Å². The second-order valence-electron chi connectivity index (χ2n) is 7.54. The van der Waals surface area contributed by atoms with E-state index in [1.165, 1.54) is 58.0 Å². The number of ether oxygens (including phenoxy) is 1. The number of rotatable bonds is 8. The Bertz CT molecular complexity index is 332. The third kappa shape index (κ3) is 6.80. The standard InChI is InChI=1S/C19H36N2O2/c1-3-4-5-6-15-23-19(22)16-21-13-9-18(10-14-21)17-7-11-20(2)12-8-17/h17-18H,3-16H2,1-2H3. The van der Waals surface area contributed by atoms with Crippen LogP contribution in [0.15, 0.2) is 0 Å². The van der Waals surface area contributed by atoms with Crippen LogP contribution in [0, 0.1) is 11.8 Å². The summed E-state index contributed by atoms with van der Waals surface area (Å²) in [5, 5.41) is 0. The van der Waals surface area contributed by atoms with Crippen molar-refractivity contribution in [3.8, 4) is 0 Å². The van der Waals surface area contributed by atoms with Crippen LogP contribution in [0.25, 0.3) is 0 Å². The van der Waals surface area contributed by atoms with Crippen molar-refractivity contribution in [1.82, 2.24) is 9.80 Å². The quantitative estimate of drug-likeness (QED) is 0.507. The lowest BCUT2D eigenvalue weighted by atomic mass is 9.79. The fourth-order valence-electron chi connectivity index (χ4n) is 4.03. The van der Waals surface area contributed by atoms with Crippen LogP contribution in [-0.4, -0.2) is 62.1 Å². The van der Waals surface area contributed by atoms with E-state index in [4.69, 9.17) is 4.74 Å². The average molecular weight is 325 g/mol. The van der Waals surface area contributed by atoms with Crippen LogP contribution in [0.2, 0.25) is 0 Å². The zero-order valence-electron chi connectivity index (χ0n) is 15.3. The average Bonchev–Trinajstić information content (AvgIpc) is 2.56. The third-order valence-corrected chi connectivity index (χ3v) is 5.68. The number of unbranched alkanes of at least 4 members (excludes halogenated alkanes) is 3. The second kappa shape index (κ2) is 10.3. The van der Waals surface area contributed by atoms with E-state index in [0.717, 1.165) is 31.3 Å². The number of piperidine rings is 2. The van der Waals surface area contributed by atoms with Crippen LogP contribution in [0.4, 0.5) is 0 Å². The van der Waals surface area contributed by atoms with Crippen molar-refractivity contribution < 1.29 is 9.53 Å². The predicted octanol–water partition coefficient (Wildman–Crippen LogP) is 3.16. The summed E-state index contributed by atoms with van der Waals surface area (Å²) in [6.07, 6.45) is 9.89. The van der Waals surface area contributed by atoms with Crippen molar-refractivity contribution in [1.29, 1.82) is 0 Å². The SMILES string of the molecule is CCCCCCOC(=O)CN1CCC(C2CCN(C)CC2)CC1. The minimum absolute atomic E-state index is 0.0285. The van der Waals surface area contributed by atoms with Gasteiger partial charge in [-0.05, 0) is 77.2 Å². The molecule has 4 heteroatoms. The fraction of sp³-hybridized carbons (Fsp3) is 0.947. The highest BCUT2D eigenvalue weighted by molar-refractivity contribution is 5.71. The van der Waals surface area contributed by atoms with Gasteiger partial charge in [0.25, 0.3) is 0 Å². The van der Waals surface area contributed by atoms with Gasteiger partial charge in [-0.2, -0.15) is 0 Å². The molecule has 0 aliphatic carbocycles. The van der Waals surface area contributed by atoms with Crippen molar-refractivity contribution in [2.45, 2.75) is 58.3 Å². The number of likely N-dealkylation sites (tertiary alicyclic amines) is 2. The molecule has 0 atom stereocenters. The Kier molecular flexibility index (Phi) is 8.38. The van der Waals surface area contributed by atoms with Crippen molar-refractivity contribution in [2.75, 3.05) is 46.4 Å². The second-order valence-corrected chi connectivity index (χ2v) is 7.54. The molecule has 4 nitrogen and oxygen atoms in total. The van der Waals surface area contributed by atoms with Crippen LogP contribution in [0.1, 0.15) is 58.3 Å². The first kappa shape index (κ1) is 18.7.